The van der Waals surface area contributed by atoms with Gasteiger partial charge in [-0.1, -0.05) is 48.1 Å². The maximum atomic E-state index is 13.0. The van der Waals surface area contributed by atoms with Crippen molar-refractivity contribution in [2.75, 3.05) is 6.54 Å². The average Bonchev–Trinajstić information content (AvgIpc) is 2.72. The number of rotatable bonds is 8. The zero-order chi connectivity index (χ0) is 21.2. The highest BCUT2D eigenvalue weighted by molar-refractivity contribution is 6.01. The first-order valence-electron chi connectivity index (χ1n) is 9.17. The van der Waals surface area contributed by atoms with Crippen molar-refractivity contribution < 1.29 is 9.18 Å². The van der Waals surface area contributed by atoms with Crippen molar-refractivity contribution in [3.05, 3.63) is 94.8 Å². The molecule has 5 N–H and O–H groups in total. The Balaban J connectivity index is 2.03. The first kappa shape index (κ1) is 21.8. The van der Waals surface area contributed by atoms with Crippen molar-refractivity contribution in [1.29, 1.82) is 0 Å². The van der Waals surface area contributed by atoms with Crippen LogP contribution in [0.15, 0.2) is 77.4 Å². The van der Waals surface area contributed by atoms with Gasteiger partial charge in [-0.15, -0.1) is 5.10 Å². The lowest BCUT2D eigenvalue weighted by atomic mass is 10.1. The molecule has 0 bridgehead atoms. The van der Waals surface area contributed by atoms with Crippen molar-refractivity contribution in [2.24, 2.45) is 16.7 Å². The molecule has 0 spiro atoms. The molecule has 0 fully saturated rings. The first-order chi connectivity index (χ1) is 13.9. The molecule has 0 saturated carbocycles. The molecule has 6 nitrogen and oxygen atoms in total. The maximum Gasteiger partial charge on any atom is 0.251 e. The number of nitrogens with two attached hydrogens (primary N) is 2. The fourth-order valence-corrected chi connectivity index (χ4v) is 2.47. The molecule has 0 aliphatic heterocycles. The SMILES string of the molecule is C/C=C\C=C(/C)CNC(=O)c1cccc(/C(N)=N/N(N)Cc2ccc(F)cc2)c1. The van der Waals surface area contributed by atoms with Crippen LogP contribution in [-0.4, -0.2) is 23.4 Å². The summed E-state index contributed by atoms with van der Waals surface area (Å²) in [5.74, 6) is 5.53. The summed E-state index contributed by atoms with van der Waals surface area (Å²) in [4.78, 5) is 12.4. The molecule has 29 heavy (non-hydrogen) atoms. The van der Waals surface area contributed by atoms with Crippen LogP contribution in [0.5, 0.6) is 0 Å². The Hall–Kier alpha value is -3.45. The summed E-state index contributed by atoms with van der Waals surface area (Å²) in [7, 11) is 0. The molecule has 0 aliphatic carbocycles. The van der Waals surface area contributed by atoms with Gasteiger partial charge in [-0.2, -0.15) is 0 Å². The number of carbonyl (C=O) groups is 1. The molecule has 0 saturated heterocycles. The number of benzene rings is 2. The van der Waals surface area contributed by atoms with Crippen LogP contribution in [0.4, 0.5) is 4.39 Å². The fourth-order valence-electron chi connectivity index (χ4n) is 2.47. The molecule has 0 atom stereocenters. The molecule has 2 aromatic rings. The predicted molar refractivity (Wildman–Crippen MR) is 114 cm³/mol. The van der Waals surface area contributed by atoms with E-state index < -0.39 is 0 Å². The molecule has 0 radical (unpaired) electrons. The van der Waals surface area contributed by atoms with Crippen LogP contribution in [0.3, 0.4) is 0 Å². The second kappa shape index (κ2) is 10.8. The molecule has 0 aliphatic rings. The van der Waals surface area contributed by atoms with Crippen LogP contribution in [0, 0.1) is 5.82 Å². The molecular formula is C22H26FN5O. The van der Waals surface area contributed by atoms with Crippen LogP contribution < -0.4 is 16.9 Å². The van der Waals surface area contributed by atoms with Crippen molar-refractivity contribution >= 4 is 11.7 Å². The van der Waals surface area contributed by atoms with Gasteiger partial charge in [0, 0.05) is 17.7 Å². The molecule has 0 aromatic heterocycles. The standard InChI is InChI=1S/C22H26FN5O/c1-3-4-6-16(2)14-26-22(29)19-8-5-7-18(13-19)21(24)27-28(25)15-17-9-11-20(23)12-10-17/h3-13H,14-15,25H2,1-2H3,(H2,24,27)(H,26,29)/b4-3-,16-6+. The minimum absolute atomic E-state index is 0.174. The van der Waals surface area contributed by atoms with E-state index in [0.717, 1.165) is 11.1 Å². The highest BCUT2D eigenvalue weighted by Crippen LogP contribution is 2.08. The van der Waals surface area contributed by atoms with Crippen molar-refractivity contribution in [1.82, 2.24) is 10.4 Å². The number of hydrazine groups is 1. The van der Waals surface area contributed by atoms with Crippen molar-refractivity contribution in [3.8, 4) is 0 Å². The molecule has 2 aromatic carbocycles. The number of nitrogens with zero attached hydrogens (tertiary/aromatic N) is 2. The Labute approximate surface area is 170 Å². The van der Waals surface area contributed by atoms with Gasteiger partial charge in [-0.25, -0.2) is 15.4 Å². The number of nitrogens with one attached hydrogen (secondary N) is 1. The van der Waals surface area contributed by atoms with E-state index in [1.54, 1.807) is 36.4 Å². The minimum Gasteiger partial charge on any atom is -0.382 e. The van der Waals surface area contributed by atoms with E-state index in [4.69, 9.17) is 11.6 Å². The summed E-state index contributed by atoms with van der Waals surface area (Å²) < 4.78 is 13.0. The third-order valence-electron chi connectivity index (χ3n) is 4.02. The summed E-state index contributed by atoms with van der Waals surface area (Å²) in [6, 6.07) is 12.8. The number of hydrazone groups is 1. The van der Waals surface area contributed by atoms with Crippen LogP contribution in [0.25, 0.3) is 0 Å². The van der Waals surface area contributed by atoms with E-state index in [1.165, 1.54) is 17.3 Å². The lowest BCUT2D eigenvalue weighted by molar-refractivity contribution is 0.0957. The van der Waals surface area contributed by atoms with Crippen LogP contribution >= 0.6 is 0 Å². The van der Waals surface area contributed by atoms with Gasteiger partial charge >= 0.3 is 0 Å². The molecule has 0 heterocycles. The minimum atomic E-state index is -0.317. The summed E-state index contributed by atoms with van der Waals surface area (Å²) >= 11 is 0. The van der Waals surface area contributed by atoms with Gasteiger partial charge in [-0.05, 0) is 43.7 Å². The molecule has 152 valence electrons. The average molecular weight is 395 g/mol. The quantitative estimate of drug-likeness (QED) is 0.210. The third kappa shape index (κ3) is 7.23. The van der Waals surface area contributed by atoms with Gasteiger partial charge in [0.15, 0.2) is 5.84 Å². The third-order valence-corrected chi connectivity index (χ3v) is 4.02. The van der Waals surface area contributed by atoms with Gasteiger partial charge in [0.25, 0.3) is 5.91 Å². The molecular weight excluding hydrogens is 369 g/mol. The monoisotopic (exact) mass is 395 g/mol. The predicted octanol–water partition coefficient (Wildman–Crippen LogP) is 3.07. The normalized spacial score (nSPS) is 12.3. The lowest BCUT2D eigenvalue weighted by Gasteiger charge is -2.14. The van der Waals surface area contributed by atoms with Crippen LogP contribution in [0.2, 0.25) is 0 Å². The van der Waals surface area contributed by atoms with Gasteiger partial charge in [0.05, 0.1) is 6.54 Å². The molecule has 2 rings (SSSR count). The number of amidine groups is 1. The first-order valence-corrected chi connectivity index (χ1v) is 9.17. The number of hydrogen-bond donors (Lipinski definition) is 3. The van der Waals surface area contributed by atoms with E-state index in [0.29, 0.717) is 17.7 Å². The van der Waals surface area contributed by atoms with Gasteiger partial charge in [0.1, 0.15) is 5.82 Å². The Morgan fingerprint density at radius 1 is 1.21 bits per heavy atom. The number of amides is 1. The van der Waals surface area contributed by atoms with E-state index in [1.807, 2.05) is 32.1 Å². The molecule has 7 heteroatoms. The summed E-state index contributed by atoms with van der Waals surface area (Å²) in [5, 5.41) is 8.17. The number of carbonyl (C=O) groups excluding carboxylic acids is 1. The topological polar surface area (TPSA) is 96.7 Å². The van der Waals surface area contributed by atoms with Gasteiger partial charge in [0.2, 0.25) is 0 Å². The summed E-state index contributed by atoms with van der Waals surface area (Å²) in [6.45, 7) is 4.59. The van der Waals surface area contributed by atoms with Crippen molar-refractivity contribution in [2.45, 2.75) is 20.4 Å². The summed E-state index contributed by atoms with van der Waals surface area (Å²) in [6.07, 6.45) is 5.79. The fraction of sp³-hybridized carbons (Fsp3) is 0.182. The van der Waals surface area contributed by atoms with E-state index in [-0.39, 0.29) is 24.1 Å². The summed E-state index contributed by atoms with van der Waals surface area (Å²) in [5.41, 5.74) is 8.92. The number of hydrogen-bond acceptors (Lipinski definition) is 4. The van der Waals surface area contributed by atoms with E-state index in [2.05, 4.69) is 10.4 Å². The van der Waals surface area contributed by atoms with Crippen molar-refractivity contribution in [3.63, 3.8) is 0 Å². The highest BCUT2D eigenvalue weighted by Gasteiger charge is 2.09. The molecule has 0 unspecified atom stereocenters. The Morgan fingerprint density at radius 3 is 2.59 bits per heavy atom. The van der Waals surface area contributed by atoms with Gasteiger partial charge < -0.3 is 11.1 Å². The molecule has 1 amide bonds. The number of halogens is 1. The lowest BCUT2D eigenvalue weighted by Crippen LogP contribution is -2.29. The van der Waals surface area contributed by atoms with Crippen LogP contribution in [-0.2, 0) is 6.54 Å². The Bertz CT molecular complexity index is 919. The maximum absolute atomic E-state index is 13.0. The zero-order valence-corrected chi connectivity index (χ0v) is 16.6. The Kier molecular flexibility index (Phi) is 8.12. The van der Waals surface area contributed by atoms with Crippen LogP contribution in [0.1, 0.15) is 35.3 Å². The smallest absolute Gasteiger partial charge is 0.251 e. The van der Waals surface area contributed by atoms with E-state index in [9.17, 15) is 9.18 Å². The number of allylic oxidation sites excluding steroid dienone is 3. The second-order valence-electron chi connectivity index (χ2n) is 6.51. The Morgan fingerprint density at radius 2 is 1.90 bits per heavy atom. The zero-order valence-electron chi connectivity index (χ0n) is 16.6. The highest BCUT2D eigenvalue weighted by atomic mass is 19.1. The largest absolute Gasteiger partial charge is 0.382 e. The van der Waals surface area contributed by atoms with Gasteiger partial charge in [-0.3, -0.25) is 4.79 Å². The van der Waals surface area contributed by atoms with E-state index >= 15 is 0 Å². The second-order valence-corrected chi connectivity index (χ2v) is 6.51.